The number of carbonyl (C=O) groups excluding carboxylic acids is 1. The first kappa shape index (κ1) is 16.2. The highest BCUT2D eigenvalue weighted by Gasteiger charge is 2.36. The van der Waals surface area contributed by atoms with Crippen molar-refractivity contribution >= 4 is 11.9 Å². The van der Waals surface area contributed by atoms with E-state index in [1.807, 2.05) is 35.0 Å². The molecule has 2 aliphatic rings. The summed E-state index contributed by atoms with van der Waals surface area (Å²) in [5, 5.41) is 0. The molecule has 0 bridgehead atoms. The van der Waals surface area contributed by atoms with Gasteiger partial charge in [0.2, 0.25) is 11.9 Å². The molecule has 1 aliphatic carbocycles. The number of hydrogen-bond donors (Lipinski definition) is 0. The molecule has 25 heavy (non-hydrogen) atoms. The molecular formula is C19H26N4O2. The quantitative estimate of drug-likeness (QED) is 0.837. The average Bonchev–Trinajstić information content (AvgIpc) is 3.01. The van der Waals surface area contributed by atoms with E-state index in [0.717, 1.165) is 49.6 Å². The molecule has 1 amide bonds. The predicted molar refractivity (Wildman–Crippen MR) is 95.6 cm³/mol. The van der Waals surface area contributed by atoms with E-state index in [9.17, 15) is 4.79 Å². The zero-order valence-corrected chi connectivity index (χ0v) is 15.0. The highest BCUT2D eigenvalue weighted by Crippen LogP contribution is 2.47. The number of furan rings is 1. The molecule has 0 aromatic carbocycles. The molecule has 6 heteroatoms. The van der Waals surface area contributed by atoms with Crippen LogP contribution in [0.3, 0.4) is 0 Å². The third kappa shape index (κ3) is 3.43. The topological polar surface area (TPSA) is 54.5 Å². The minimum atomic E-state index is 0.220. The van der Waals surface area contributed by atoms with Gasteiger partial charge in [-0.05, 0) is 24.5 Å². The summed E-state index contributed by atoms with van der Waals surface area (Å²) in [6, 6.07) is 4.12. The van der Waals surface area contributed by atoms with Crippen molar-refractivity contribution < 1.29 is 9.21 Å². The van der Waals surface area contributed by atoms with Crippen molar-refractivity contribution in [2.75, 3.05) is 31.1 Å². The van der Waals surface area contributed by atoms with E-state index in [-0.39, 0.29) is 5.91 Å². The fourth-order valence-electron chi connectivity index (χ4n) is 3.65. The van der Waals surface area contributed by atoms with Crippen molar-refractivity contribution in [3.63, 3.8) is 0 Å². The lowest BCUT2D eigenvalue weighted by Crippen LogP contribution is -2.49. The molecule has 0 unspecified atom stereocenters. The Morgan fingerprint density at radius 3 is 2.68 bits per heavy atom. The molecule has 6 nitrogen and oxygen atoms in total. The molecule has 0 spiro atoms. The molecule has 1 saturated heterocycles. The van der Waals surface area contributed by atoms with E-state index in [0.29, 0.717) is 18.8 Å². The lowest BCUT2D eigenvalue weighted by Gasteiger charge is -2.35. The molecule has 1 saturated carbocycles. The van der Waals surface area contributed by atoms with Gasteiger partial charge < -0.3 is 18.8 Å². The van der Waals surface area contributed by atoms with Crippen LogP contribution in [0.1, 0.15) is 37.2 Å². The average molecular weight is 342 g/mol. The van der Waals surface area contributed by atoms with E-state index in [4.69, 9.17) is 4.42 Å². The second-order valence-electron chi connectivity index (χ2n) is 7.33. The number of hydrogen-bond acceptors (Lipinski definition) is 4. The van der Waals surface area contributed by atoms with E-state index < -0.39 is 0 Å². The fourth-order valence-corrected chi connectivity index (χ4v) is 3.65. The predicted octanol–water partition coefficient (Wildman–Crippen LogP) is 2.42. The molecule has 2 atom stereocenters. The standard InChI is InChI=1S/C19H26N4O2/c1-14-13-16(14)17-5-3-15(25-17)4-6-18(24)22-9-11-23(12-10-22)19-20-7-8-21(19)2/h3,5,7-8,14,16H,4,6,9-13H2,1-2H3/t14-,16-/m0/s1. The summed E-state index contributed by atoms with van der Waals surface area (Å²) >= 11 is 0. The van der Waals surface area contributed by atoms with Gasteiger partial charge in [-0.1, -0.05) is 6.92 Å². The molecular weight excluding hydrogens is 316 g/mol. The highest BCUT2D eigenvalue weighted by atomic mass is 16.3. The Hall–Kier alpha value is -2.24. The van der Waals surface area contributed by atoms with Crippen molar-refractivity contribution in [1.82, 2.24) is 14.5 Å². The van der Waals surface area contributed by atoms with Crippen LogP contribution in [0.25, 0.3) is 0 Å². The molecule has 134 valence electrons. The summed E-state index contributed by atoms with van der Waals surface area (Å²) in [4.78, 5) is 21.1. The smallest absolute Gasteiger partial charge is 0.223 e. The maximum Gasteiger partial charge on any atom is 0.223 e. The van der Waals surface area contributed by atoms with Gasteiger partial charge in [-0.2, -0.15) is 0 Å². The molecule has 0 N–H and O–H groups in total. The number of piperazine rings is 1. The van der Waals surface area contributed by atoms with Gasteiger partial charge in [-0.3, -0.25) is 4.79 Å². The minimum absolute atomic E-state index is 0.220. The Balaban J connectivity index is 1.25. The monoisotopic (exact) mass is 342 g/mol. The van der Waals surface area contributed by atoms with Crippen LogP contribution >= 0.6 is 0 Å². The molecule has 4 rings (SSSR count). The number of nitrogens with zero attached hydrogens (tertiary/aromatic N) is 4. The van der Waals surface area contributed by atoms with Crippen LogP contribution in [0, 0.1) is 5.92 Å². The molecule has 1 aliphatic heterocycles. The Bertz CT molecular complexity index is 742. The normalized spacial score (nSPS) is 23.1. The molecule has 2 aromatic heterocycles. The van der Waals surface area contributed by atoms with E-state index in [2.05, 4.69) is 22.9 Å². The second kappa shape index (κ2) is 6.58. The summed E-state index contributed by atoms with van der Waals surface area (Å²) in [5.41, 5.74) is 0. The lowest BCUT2D eigenvalue weighted by molar-refractivity contribution is -0.131. The van der Waals surface area contributed by atoms with Gasteiger partial charge in [0.15, 0.2) is 0 Å². The maximum absolute atomic E-state index is 12.5. The van der Waals surface area contributed by atoms with Gasteiger partial charge in [0.05, 0.1) is 0 Å². The molecule has 2 aromatic rings. The van der Waals surface area contributed by atoms with Crippen molar-refractivity contribution in [1.29, 1.82) is 0 Å². The number of imidazole rings is 1. The van der Waals surface area contributed by atoms with Gasteiger partial charge in [-0.15, -0.1) is 0 Å². The third-order valence-corrected chi connectivity index (χ3v) is 5.45. The fraction of sp³-hybridized carbons (Fsp3) is 0.579. The van der Waals surface area contributed by atoms with Crippen molar-refractivity contribution in [2.24, 2.45) is 13.0 Å². The lowest BCUT2D eigenvalue weighted by atomic mass is 10.2. The van der Waals surface area contributed by atoms with E-state index in [1.54, 1.807) is 0 Å². The van der Waals surface area contributed by atoms with Crippen LogP contribution in [0.2, 0.25) is 0 Å². The van der Waals surface area contributed by atoms with Crippen LogP contribution in [0.4, 0.5) is 5.95 Å². The summed E-state index contributed by atoms with van der Waals surface area (Å²) in [6.07, 6.45) is 6.21. The number of aromatic nitrogens is 2. The Morgan fingerprint density at radius 1 is 1.28 bits per heavy atom. The molecule has 2 fully saturated rings. The number of anilines is 1. The zero-order valence-electron chi connectivity index (χ0n) is 15.0. The number of aryl methyl sites for hydroxylation is 2. The first-order valence-corrected chi connectivity index (χ1v) is 9.20. The van der Waals surface area contributed by atoms with Crippen LogP contribution in [0.5, 0.6) is 0 Å². The van der Waals surface area contributed by atoms with E-state index in [1.165, 1.54) is 6.42 Å². The van der Waals surface area contributed by atoms with Gasteiger partial charge >= 0.3 is 0 Å². The van der Waals surface area contributed by atoms with Crippen molar-refractivity contribution in [3.8, 4) is 0 Å². The SMILES string of the molecule is C[C@H]1C[C@@H]1c1ccc(CCC(=O)N2CCN(c3nccn3C)CC2)o1. The first-order valence-electron chi connectivity index (χ1n) is 9.20. The molecule has 0 radical (unpaired) electrons. The Kier molecular flexibility index (Phi) is 4.27. The van der Waals surface area contributed by atoms with Crippen LogP contribution in [0.15, 0.2) is 28.9 Å². The highest BCUT2D eigenvalue weighted by molar-refractivity contribution is 5.76. The maximum atomic E-state index is 12.5. The van der Waals surface area contributed by atoms with Crippen molar-refractivity contribution in [2.45, 2.75) is 32.1 Å². The van der Waals surface area contributed by atoms with Crippen LogP contribution < -0.4 is 4.90 Å². The van der Waals surface area contributed by atoms with Gasteiger partial charge in [0.1, 0.15) is 11.5 Å². The van der Waals surface area contributed by atoms with Crippen LogP contribution in [-0.4, -0.2) is 46.5 Å². The van der Waals surface area contributed by atoms with Crippen LogP contribution in [-0.2, 0) is 18.3 Å². The van der Waals surface area contributed by atoms with Gasteiger partial charge in [-0.25, -0.2) is 4.98 Å². The first-order chi connectivity index (χ1) is 12.1. The Labute approximate surface area is 148 Å². The summed E-state index contributed by atoms with van der Waals surface area (Å²) < 4.78 is 7.93. The summed E-state index contributed by atoms with van der Waals surface area (Å²) in [7, 11) is 2.00. The Morgan fingerprint density at radius 2 is 2.04 bits per heavy atom. The van der Waals surface area contributed by atoms with Crippen molar-refractivity contribution in [3.05, 3.63) is 36.0 Å². The van der Waals surface area contributed by atoms with Gasteiger partial charge in [0.25, 0.3) is 0 Å². The molecule has 3 heterocycles. The summed E-state index contributed by atoms with van der Waals surface area (Å²) in [5.74, 6) is 4.58. The second-order valence-corrected chi connectivity index (χ2v) is 7.33. The number of carbonyl (C=O) groups is 1. The van der Waals surface area contributed by atoms with Gasteiger partial charge in [0, 0.05) is 64.4 Å². The number of amides is 1. The third-order valence-electron chi connectivity index (χ3n) is 5.45. The minimum Gasteiger partial charge on any atom is -0.466 e. The zero-order chi connectivity index (χ0) is 17.4. The summed E-state index contributed by atoms with van der Waals surface area (Å²) in [6.45, 7) is 5.44. The largest absolute Gasteiger partial charge is 0.466 e. The van der Waals surface area contributed by atoms with E-state index >= 15 is 0 Å². The number of rotatable bonds is 5.